The number of carbonyl (C=O) groups is 3. The summed E-state index contributed by atoms with van der Waals surface area (Å²) in [5.74, 6) is -0.204. The lowest BCUT2D eigenvalue weighted by Gasteiger charge is -2.55. The standard InChI is InChI=1S/C23H24N2O5/c1-3-23(4-2)20(27)25(21(23)29-17-13-9-6-10-14-17)19-18(26)24(22(28)30-19)15-16-11-7-5-8-12-16/h5-14,19,21H,3-4,15H2,1-2H3/t19-,21-/m1/s1. The van der Waals surface area contributed by atoms with Crippen LogP contribution in [0.25, 0.3) is 0 Å². The third kappa shape index (κ3) is 3.10. The van der Waals surface area contributed by atoms with Crippen molar-refractivity contribution < 1.29 is 23.9 Å². The van der Waals surface area contributed by atoms with E-state index in [-0.39, 0.29) is 12.5 Å². The zero-order chi connectivity index (χ0) is 21.3. The van der Waals surface area contributed by atoms with E-state index in [1.165, 1.54) is 4.90 Å². The molecule has 2 aromatic carbocycles. The Kier molecular flexibility index (Phi) is 5.20. The number of β-lactam (4-membered cyclic amide) rings is 1. The van der Waals surface area contributed by atoms with Crippen LogP contribution in [0.4, 0.5) is 4.79 Å². The van der Waals surface area contributed by atoms with Gasteiger partial charge in [-0.05, 0) is 30.5 Å². The fraction of sp³-hybridized carbons (Fsp3) is 0.348. The van der Waals surface area contributed by atoms with Gasteiger partial charge in [-0.1, -0.05) is 62.4 Å². The number of cyclic esters (lactones) is 1. The number of hydrogen-bond donors (Lipinski definition) is 0. The summed E-state index contributed by atoms with van der Waals surface area (Å²) in [7, 11) is 0. The molecule has 0 saturated carbocycles. The lowest BCUT2D eigenvalue weighted by Crippen LogP contribution is -2.74. The van der Waals surface area contributed by atoms with Crippen molar-refractivity contribution in [2.45, 2.75) is 45.7 Å². The lowest BCUT2D eigenvalue weighted by atomic mass is 9.71. The molecular formula is C23H24N2O5. The van der Waals surface area contributed by atoms with E-state index in [2.05, 4.69) is 0 Å². The van der Waals surface area contributed by atoms with Gasteiger partial charge in [-0.2, -0.15) is 0 Å². The maximum atomic E-state index is 13.1. The summed E-state index contributed by atoms with van der Waals surface area (Å²) in [4.78, 5) is 40.9. The minimum atomic E-state index is -1.31. The quantitative estimate of drug-likeness (QED) is 0.655. The Labute approximate surface area is 175 Å². The summed E-state index contributed by atoms with van der Waals surface area (Å²) in [6.45, 7) is 3.93. The monoisotopic (exact) mass is 408 g/mol. The summed E-state index contributed by atoms with van der Waals surface area (Å²) >= 11 is 0. The number of nitrogens with zero attached hydrogens (tertiary/aromatic N) is 2. The number of likely N-dealkylation sites (tertiary alicyclic amines) is 1. The number of para-hydroxylation sites is 1. The number of rotatable bonds is 7. The highest BCUT2D eigenvalue weighted by Gasteiger charge is 2.66. The Hall–Kier alpha value is -3.35. The number of amides is 3. The third-order valence-electron chi connectivity index (χ3n) is 5.98. The largest absolute Gasteiger partial charge is 0.469 e. The van der Waals surface area contributed by atoms with E-state index in [1.54, 1.807) is 12.1 Å². The van der Waals surface area contributed by atoms with Crippen molar-refractivity contribution in [1.29, 1.82) is 0 Å². The Bertz CT molecular complexity index is 943. The summed E-state index contributed by atoms with van der Waals surface area (Å²) in [5.41, 5.74) is 0.0435. The van der Waals surface area contributed by atoms with Crippen molar-refractivity contribution in [2.75, 3.05) is 0 Å². The van der Waals surface area contributed by atoms with E-state index in [0.29, 0.717) is 18.6 Å². The first kappa shape index (κ1) is 19.9. The second kappa shape index (κ2) is 7.82. The molecule has 7 heteroatoms. The van der Waals surface area contributed by atoms with E-state index < -0.39 is 29.9 Å². The van der Waals surface area contributed by atoms with Crippen LogP contribution in [0.2, 0.25) is 0 Å². The highest BCUT2D eigenvalue weighted by atomic mass is 16.6. The molecule has 0 aromatic heterocycles. The first-order chi connectivity index (χ1) is 14.5. The van der Waals surface area contributed by atoms with Crippen LogP contribution in [0.15, 0.2) is 60.7 Å². The third-order valence-corrected chi connectivity index (χ3v) is 5.98. The minimum absolute atomic E-state index is 0.0912. The molecule has 30 heavy (non-hydrogen) atoms. The predicted molar refractivity (Wildman–Crippen MR) is 108 cm³/mol. The molecule has 2 aliphatic rings. The number of imide groups is 1. The molecule has 0 radical (unpaired) electrons. The van der Waals surface area contributed by atoms with E-state index in [1.807, 2.05) is 62.4 Å². The Morgan fingerprint density at radius 2 is 1.53 bits per heavy atom. The predicted octanol–water partition coefficient (Wildman–Crippen LogP) is 3.55. The molecule has 2 saturated heterocycles. The number of carbonyl (C=O) groups excluding carboxylic acids is 3. The van der Waals surface area contributed by atoms with Crippen LogP contribution in [-0.4, -0.2) is 40.2 Å². The van der Waals surface area contributed by atoms with Crippen LogP contribution in [0.1, 0.15) is 32.3 Å². The second-order valence-electron chi connectivity index (χ2n) is 7.51. The van der Waals surface area contributed by atoms with Crippen molar-refractivity contribution in [3.05, 3.63) is 66.2 Å². The van der Waals surface area contributed by atoms with E-state index in [9.17, 15) is 14.4 Å². The van der Waals surface area contributed by atoms with Crippen LogP contribution in [0, 0.1) is 5.41 Å². The number of ether oxygens (including phenoxy) is 2. The molecule has 2 aromatic rings. The van der Waals surface area contributed by atoms with Gasteiger partial charge < -0.3 is 9.47 Å². The smallest absolute Gasteiger partial charge is 0.419 e. The Morgan fingerprint density at radius 1 is 0.933 bits per heavy atom. The average molecular weight is 408 g/mol. The first-order valence-corrected chi connectivity index (χ1v) is 10.1. The Morgan fingerprint density at radius 3 is 2.13 bits per heavy atom. The van der Waals surface area contributed by atoms with Gasteiger partial charge in [-0.15, -0.1) is 0 Å². The highest BCUT2D eigenvalue weighted by Crippen LogP contribution is 2.48. The normalized spacial score (nSPS) is 22.7. The minimum Gasteiger partial charge on any atom is -0.469 e. The zero-order valence-corrected chi connectivity index (χ0v) is 17.0. The molecule has 2 heterocycles. The van der Waals surface area contributed by atoms with Gasteiger partial charge in [-0.25, -0.2) is 9.69 Å². The van der Waals surface area contributed by atoms with E-state index >= 15 is 0 Å². The number of benzene rings is 2. The van der Waals surface area contributed by atoms with Crippen molar-refractivity contribution in [3.63, 3.8) is 0 Å². The van der Waals surface area contributed by atoms with Crippen molar-refractivity contribution in [1.82, 2.24) is 9.80 Å². The SMILES string of the molecule is CCC1(CC)C(=O)N([C@@H]2OC(=O)N(Cc3ccccc3)C2=O)[C@@H]1Oc1ccccc1. The molecule has 0 unspecified atom stereocenters. The van der Waals surface area contributed by atoms with Crippen LogP contribution in [-0.2, 0) is 20.9 Å². The maximum absolute atomic E-state index is 13.1. The molecule has 4 rings (SSSR count). The molecule has 2 aliphatic heterocycles. The molecule has 0 bridgehead atoms. The van der Waals surface area contributed by atoms with Crippen LogP contribution in [0.5, 0.6) is 5.75 Å². The van der Waals surface area contributed by atoms with Gasteiger partial charge in [0.25, 0.3) is 12.1 Å². The number of hydrogen-bond acceptors (Lipinski definition) is 5. The van der Waals surface area contributed by atoms with Gasteiger partial charge in [0.1, 0.15) is 11.2 Å². The van der Waals surface area contributed by atoms with Gasteiger partial charge in [0.2, 0.25) is 5.91 Å². The summed E-state index contributed by atoms with van der Waals surface area (Å²) in [5, 5.41) is 0. The zero-order valence-electron chi connectivity index (χ0n) is 17.0. The first-order valence-electron chi connectivity index (χ1n) is 10.1. The molecule has 7 nitrogen and oxygen atoms in total. The summed E-state index contributed by atoms with van der Waals surface area (Å²) in [6, 6.07) is 18.3. The topological polar surface area (TPSA) is 76.2 Å². The Balaban J connectivity index is 1.59. The fourth-order valence-corrected chi connectivity index (χ4v) is 4.12. The van der Waals surface area contributed by atoms with Gasteiger partial charge >= 0.3 is 6.09 Å². The van der Waals surface area contributed by atoms with Crippen molar-refractivity contribution in [3.8, 4) is 5.75 Å². The molecular weight excluding hydrogens is 384 g/mol. The highest BCUT2D eigenvalue weighted by molar-refractivity contribution is 6.03. The molecule has 0 spiro atoms. The van der Waals surface area contributed by atoms with Gasteiger partial charge in [0.15, 0.2) is 6.23 Å². The molecule has 2 fully saturated rings. The van der Waals surface area contributed by atoms with Gasteiger partial charge in [0, 0.05) is 0 Å². The molecule has 3 amide bonds. The van der Waals surface area contributed by atoms with Crippen molar-refractivity contribution >= 4 is 17.9 Å². The molecule has 2 atom stereocenters. The molecule has 0 N–H and O–H groups in total. The summed E-state index contributed by atoms with van der Waals surface area (Å²) < 4.78 is 11.5. The maximum Gasteiger partial charge on any atom is 0.419 e. The van der Waals surface area contributed by atoms with Crippen molar-refractivity contribution in [2.24, 2.45) is 5.41 Å². The molecule has 0 aliphatic carbocycles. The van der Waals surface area contributed by atoms with Gasteiger partial charge in [-0.3, -0.25) is 14.5 Å². The van der Waals surface area contributed by atoms with E-state index in [4.69, 9.17) is 9.47 Å². The molecule has 156 valence electrons. The van der Waals surface area contributed by atoms with Crippen LogP contribution in [0.3, 0.4) is 0 Å². The van der Waals surface area contributed by atoms with Crippen LogP contribution < -0.4 is 4.74 Å². The van der Waals surface area contributed by atoms with Crippen LogP contribution >= 0.6 is 0 Å². The summed E-state index contributed by atoms with van der Waals surface area (Å²) in [6.07, 6.45) is -1.65. The lowest BCUT2D eigenvalue weighted by molar-refractivity contribution is -0.225. The average Bonchev–Trinajstić information content (AvgIpc) is 3.04. The fourth-order valence-electron chi connectivity index (χ4n) is 4.12. The van der Waals surface area contributed by atoms with E-state index in [0.717, 1.165) is 10.5 Å². The second-order valence-corrected chi connectivity index (χ2v) is 7.51. The van der Waals surface area contributed by atoms with Gasteiger partial charge in [0.05, 0.1) is 6.54 Å².